The molecule has 0 bridgehead atoms. The molecular formula is C14H27N5. The van der Waals surface area contributed by atoms with Gasteiger partial charge in [0.05, 0.1) is 0 Å². The van der Waals surface area contributed by atoms with E-state index in [-0.39, 0.29) is 6.04 Å². The van der Waals surface area contributed by atoms with Gasteiger partial charge in [-0.25, -0.2) is 0 Å². The molecule has 2 heterocycles. The molecular weight excluding hydrogens is 238 g/mol. The fraction of sp³-hybridized carbons (Fsp3) is 0.857. The number of hydrogen-bond acceptors (Lipinski definition) is 4. The number of aromatic amines is 1. The zero-order valence-corrected chi connectivity index (χ0v) is 12.2. The molecule has 2 unspecified atom stereocenters. The minimum atomic E-state index is 0.236. The lowest BCUT2D eigenvalue weighted by Gasteiger charge is -2.36. The number of hydrogen-bond donors (Lipinski definition) is 2. The standard InChI is InChI=1S/C14H27N5/c1-3-4-5-6-9-13-16-14(18-17-13)19-10-7-8-12(15)11(19)2/h11-12H,3-10,15H2,1-2H3,(H,16,17,18). The van der Waals surface area contributed by atoms with Gasteiger partial charge in [0.1, 0.15) is 5.82 Å². The van der Waals surface area contributed by atoms with Crippen LogP contribution in [0.2, 0.25) is 0 Å². The van der Waals surface area contributed by atoms with Crippen molar-refractivity contribution in [2.75, 3.05) is 11.4 Å². The summed E-state index contributed by atoms with van der Waals surface area (Å²) in [4.78, 5) is 6.86. The van der Waals surface area contributed by atoms with Gasteiger partial charge in [-0.05, 0) is 26.2 Å². The van der Waals surface area contributed by atoms with Crippen molar-refractivity contribution >= 4 is 5.95 Å². The van der Waals surface area contributed by atoms with Crippen LogP contribution in [-0.2, 0) is 6.42 Å². The number of piperidine rings is 1. The van der Waals surface area contributed by atoms with Gasteiger partial charge >= 0.3 is 0 Å². The summed E-state index contributed by atoms with van der Waals surface area (Å²) in [6.07, 6.45) is 8.28. The summed E-state index contributed by atoms with van der Waals surface area (Å²) in [5.41, 5.74) is 6.12. The molecule has 3 N–H and O–H groups in total. The fourth-order valence-corrected chi connectivity index (χ4v) is 2.70. The zero-order valence-electron chi connectivity index (χ0n) is 12.2. The Morgan fingerprint density at radius 3 is 3.00 bits per heavy atom. The summed E-state index contributed by atoms with van der Waals surface area (Å²) in [5, 5.41) is 7.43. The molecule has 5 nitrogen and oxygen atoms in total. The quantitative estimate of drug-likeness (QED) is 0.774. The normalized spacial score (nSPS) is 23.8. The van der Waals surface area contributed by atoms with Gasteiger partial charge in [-0.3, -0.25) is 5.10 Å². The van der Waals surface area contributed by atoms with Gasteiger partial charge in [0, 0.05) is 25.0 Å². The molecule has 0 aliphatic carbocycles. The van der Waals surface area contributed by atoms with Crippen LogP contribution in [-0.4, -0.2) is 33.8 Å². The van der Waals surface area contributed by atoms with E-state index in [1.165, 1.54) is 25.7 Å². The molecule has 0 saturated carbocycles. The average Bonchev–Trinajstić information content (AvgIpc) is 2.87. The van der Waals surface area contributed by atoms with Crippen LogP contribution in [0.3, 0.4) is 0 Å². The van der Waals surface area contributed by atoms with E-state index in [2.05, 4.69) is 33.9 Å². The van der Waals surface area contributed by atoms with Gasteiger partial charge in [0.2, 0.25) is 5.95 Å². The highest BCUT2D eigenvalue weighted by Gasteiger charge is 2.27. The number of nitrogens with one attached hydrogen (secondary N) is 1. The van der Waals surface area contributed by atoms with Gasteiger partial charge in [-0.15, -0.1) is 5.10 Å². The summed E-state index contributed by atoms with van der Waals surface area (Å²) in [6.45, 7) is 5.41. The Morgan fingerprint density at radius 2 is 2.21 bits per heavy atom. The Morgan fingerprint density at radius 1 is 1.37 bits per heavy atom. The molecule has 0 amide bonds. The first-order valence-electron chi connectivity index (χ1n) is 7.66. The lowest BCUT2D eigenvalue weighted by molar-refractivity contribution is 0.416. The number of nitrogens with two attached hydrogens (primary N) is 1. The van der Waals surface area contributed by atoms with Gasteiger partial charge in [0.15, 0.2) is 0 Å². The fourth-order valence-electron chi connectivity index (χ4n) is 2.70. The van der Waals surface area contributed by atoms with Gasteiger partial charge in [0.25, 0.3) is 0 Å². The van der Waals surface area contributed by atoms with Crippen LogP contribution in [0.4, 0.5) is 5.95 Å². The van der Waals surface area contributed by atoms with Crippen molar-refractivity contribution in [3.8, 4) is 0 Å². The zero-order chi connectivity index (χ0) is 13.7. The molecule has 1 aromatic rings. The van der Waals surface area contributed by atoms with Crippen molar-refractivity contribution in [3.63, 3.8) is 0 Å². The van der Waals surface area contributed by atoms with Crippen molar-refractivity contribution < 1.29 is 0 Å². The van der Waals surface area contributed by atoms with E-state index >= 15 is 0 Å². The number of unbranched alkanes of at least 4 members (excludes halogenated alkanes) is 3. The van der Waals surface area contributed by atoms with Gasteiger partial charge in [-0.1, -0.05) is 26.2 Å². The first kappa shape index (κ1) is 14.3. The molecule has 19 heavy (non-hydrogen) atoms. The third-order valence-electron chi connectivity index (χ3n) is 4.09. The largest absolute Gasteiger partial charge is 0.335 e. The van der Waals surface area contributed by atoms with Crippen molar-refractivity contribution in [2.45, 2.75) is 70.9 Å². The van der Waals surface area contributed by atoms with Crippen LogP contribution in [0.1, 0.15) is 58.2 Å². The number of rotatable bonds is 6. The van der Waals surface area contributed by atoms with Crippen molar-refractivity contribution in [3.05, 3.63) is 5.82 Å². The lowest BCUT2D eigenvalue weighted by atomic mass is 9.99. The second-order valence-electron chi connectivity index (χ2n) is 5.63. The summed E-state index contributed by atoms with van der Waals surface area (Å²) in [6, 6.07) is 0.567. The molecule has 1 aromatic heterocycles. The maximum absolute atomic E-state index is 6.12. The Hall–Kier alpha value is -1.10. The molecule has 108 valence electrons. The van der Waals surface area contributed by atoms with Crippen molar-refractivity contribution in [2.24, 2.45) is 5.73 Å². The Labute approximate surface area is 116 Å². The van der Waals surface area contributed by atoms with Crippen LogP contribution in [0.25, 0.3) is 0 Å². The van der Waals surface area contributed by atoms with Crippen LogP contribution >= 0.6 is 0 Å². The van der Waals surface area contributed by atoms with Crippen molar-refractivity contribution in [1.82, 2.24) is 15.2 Å². The molecule has 2 atom stereocenters. The molecule has 1 aliphatic rings. The van der Waals surface area contributed by atoms with Crippen LogP contribution in [0.15, 0.2) is 0 Å². The van der Waals surface area contributed by atoms with Crippen molar-refractivity contribution in [1.29, 1.82) is 0 Å². The number of anilines is 1. The highest BCUT2D eigenvalue weighted by atomic mass is 15.4. The molecule has 5 heteroatoms. The van der Waals surface area contributed by atoms with E-state index in [0.29, 0.717) is 6.04 Å². The van der Waals surface area contributed by atoms with E-state index in [1.807, 2.05) is 0 Å². The second-order valence-corrected chi connectivity index (χ2v) is 5.63. The first-order valence-corrected chi connectivity index (χ1v) is 7.66. The number of aryl methyl sites for hydroxylation is 1. The third kappa shape index (κ3) is 3.69. The van der Waals surface area contributed by atoms with E-state index < -0.39 is 0 Å². The highest BCUT2D eigenvalue weighted by Crippen LogP contribution is 2.21. The minimum absolute atomic E-state index is 0.236. The van der Waals surface area contributed by atoms with Crippen LogP contribution in [0, 0.1) is 0 Å². The summed E-state index contributed by atoms with van der Waals surface area (Å²) in [7, 11) is 0. The maximum atomic E-state index is 6.12. The minimum Gasteiger partial charge on any atom is -0.335 e. The molecule has 1 saturated heterocycles. The SMILES string of the molecule is CCCCCCc1nc(N2CCCC(N)C2C)n[nH]1. The Bertz CT molecular complexity index is 376. The summed E-state index contributed by atoms with van der Waals surface area (Å²) < 4.78 is 0. The highest BCUT2D eigenvalue weighted by molar-refractivity contribution is 5.32. The summed E-state index contributed by atoms with van der Waals surface area (Å²) >= 11 is 0. The topological polar surface area (TPSA) is 70.8 Å². The number of aromatic nitrogens is 3. The van der Waals surface area contributed by atoms with E-state index in [9.17, 15) is 0 Å². The predicted molar refractivity (Wildman–Crippen MR) is 78.2 cm³/mol. The number of H-pyrrole nitrogens is 1. The monoisotopic (exact) mass is 265 g/mol. The van der Waals surface area contributed by atoms with E-state index in [4.69, 9.17) is 5.73 Å². The molecule has 2 rings (SSSR count). The number of nitrogens with zero attached hydrogens (tertiary/aromatic N) is 3. The van der Waals surface area contributed by atoms with Gasteiger partial charge in [-0.2, -0.15) is 4.98 Å². The summed E-state index contributed by atoms with van der Waals surface area (Å²) in [5.74, 6) is 1.84. The van der Waals surface area contributed by atoms with E-state index in [0.717, 1.165) is 37.6 Å². The van der Waals surface area contributed by atoms with E-state index in [1.54, 1.807) is 0 Å². The Balaban J connectivity index is 1.89. The van der Waals surface area contributed by atoms with Crippen LogP contribution in [0.5, 0.6) is 0 Å². The average molecular weight is 265 g/mol. The molecule has 0 spiro atoms. The maximum Gasteiger partial charge on any atom is 0.244 e. The Kier molecular flexibility index (Phi) is 5.19. The predicted octanol–water partition coefficient (Wildman–Crippen LogP) is 2.24. The smallest absolute Gasteiger partial charge is 0.244 e. The van der Waals surface area contributed by atoms with Gasteiger partial charge < -0.3 is 10.6 Å². The first-order chi connectivity index (χ1) is 9.22. The third-order valence-corrected chi connectivity index (χ3v) is 4.09. The van der Waals surface area contributed by atoms with Crippen LogP contribution < -0.4 is 10.6 Å². The second kappa shape index (κ2) is 6.89. The molecule has 0 aromatic carbocycles. The molecule has 0 radical (unpaired) electrons. The lowest BCUT2D eigenvalue weighted by Crippen LogP contribution is -2.50. The molecule has 1 aliphatic heterocycles. The molecule has 1 fully saturated rings.